The van der Waals surface area contributed by atoms with E-state index in [-0.39, 0.29) is 6.10 Å². The quantitative estimate of drug-likeness (QED) is 0.728. The second-order valence-corrected chi connectivity index (χ2v) is 9.79. The van der Waals surface area contributed by atoms with Crippen LogP contribution in [0.1, 0.15) is 29.5 Å². The average molecular weight is 405 g/mol. The maximum Gasteiger partial charge on any atom is 0.0698 e. The molecule has 2 saturated heterocycles. The first-order valence-corrected chi connectivity index (χ1v) is 11.7. The van der Waals surface area contributed by atoms with Crippen molar-refractivity contribution in [1.82, 2.24) is 9.80 Å². The Bertz CT molecular complexity index is 923. The van der Waals surface area contributed by atoms with E-state index in [1.54, 1.807) is 0 Å². The third-order valence-electron chi connectivity index (χ3n) is 7.96. The Morgan fingerprint density at radius 3 is 2.53 bits per heavy atom. The molecule has 4 atom stereocenters. The lowest BCUT2D eigenvalue weighted by atomic mass is 9.77. The highest BCUT2D eigenvalue weighted by molar-refractivity contribution is 5.76. The van der Waals surface area contributed by atoms with Gasteiger partial charge in [-0.1, -0.05) is 42.5 Å². The minimum Gasteiger partial charge on any atom is -0.391 e. The van der Waals surface area contributed by atoms with Gasteiger partial charge in [0, 0.05) is 38.8 Å². The molecule has 4 heteroatoms. The second kappa shape index (κ2) is 7.76. The summed E-state index contributed by atoms with van der Waals surface area (Å²) in [6.45, 7) is 6.91. The zero-order valence-corrected chi connectivity index (χ0v) is 17.7. The maximum atomic E-state index is 10.8. The van der Waals surface area contributed by atoms with Crippen LogP contribution in [0.25, 0.3) is 11.1 Å². The molecule has 6 rings (SSSR count). The van der Waals surface area contributed by atoms with E-state index in [0.717, 1.165) is 64.6 Å². The SMILES string of the molecule is O[C@@H]1C[C@H]2CN(Cc3ccc4c(c3)Cc3ccccc3-4)C[C@H]2C[C@H]1N1CCOCC1. The second-order valence-electron chi connectivity index (χ2n) is 9.79. The molecule has 0 aromatic heterocycles. The molecule has 3 fully saturated rings. The molecule has 4 aliphatic rings. The molecule has 2 aliphatic carbocycles. The average Bonchev–Trinajstić information content (AvgIpc) is 3.33. The molecule has 0 unspecified atom stereocenters. The molecule has 0 bridgehead atoms. The van der Waals surface area contributed by atoms with Gasteiger partial charge in [-0.05, 0) is 58.9 Å². The smallest absolute Gasteiger partial charge is 0.0698 e. The van der Waals surface area contributed by atoms with Gasteiger partial charge in [-0.15, -0.1) is 0 Å². The van der Waals surface area contributed by atoms with Crippen LogP contribution in [0.2, 0.25) is 0 Å². The maximum absolute atomic E-state index is 10.8. The molecule has 4 nitrogen and oxygen atoms in total. The Balaban J connectivity index is 1.12. The summed E-state index contributed by atoms with van der Waals surface area (Å²) in [4.78, 5) is 5.11. The largest absolute Gasteiger partial charge is 0.391 e. The molecule has 0 amide bonds. The van der Waals surface area contributed by atoms with Crippen molar-refractivity contribution in [2.24, 2.45) is 11.8 Å². The number of aliphatic hydroxyl groups excluding tert-OH is 1. The molecule has 2 aromatic rings. The fraction of sp³-hybridized carbons (Fsp3) is 0.538. The first-order valence-electron chi connectivity index (χ1n) is 11.7. The molecule has 1 N–H and O–H groups in total. The van der Waals surface area contributed by atoms with Gasteiger partial charge in [-0.25, -0.2) is 0 Å². The van der Waals surface area contributed by atoms with Crippen molar-refractivity contribution in [3.8, 4) is 11.1 Å². The van der Waals surface area contributed by atoms with E-state index in [1.807, 2.05) is 0 Å². The number of morpholine rings is 1. The number of aliphatic hydroxyl groups is 1. The molecule has 30 heavy (non-hydrogen) atoms. The summed E-state index contributed by atoms with van der Waals surface area (Å²) in [5.41, 5.74) is 7.20. The fourth-order valence-electron chi connectivity index (χ4n) is 6.49. The number of nitrogens with zero attached hydrogens (tertiary/aromatic N) is 2. The van der Waals surface area contributed by atoms with E-state index < -0.39 is 0 Å². The number of ether oxygens (including phenoxy) is 1. The van der Waals surface area contributed by atoms with Crippen LogP contribution < -0.4 is 0 Å². The monoisotopic (exact) mass is 404 g/mol. The van der Waals surface area contributed by atoms with Gasteiger partial charge in [0.1, 0.15) is 0 Å². The van der Waals surface area contributed by atoms with Crippen LogP contribution in [-0.2, 0) is 17.7 Å². The first-order chi connectivity index (χ1) is 14.7. The van der Waals surface area contributed by atoms with Crippen molar-refractivity contribution in [3.63, 3.8) is 0 Å². The first kappa shape index (κ1) is 19.0. The molecule has 0 spiro atoms. The van der Waals surface area contributed by atoms with Crippen molar-refractivity contribution < 1.29 is 9.84 Å². The van der Waals surface area contributed by atoms with Crippen molar-refractivity contribution in [3.05, 3.63) is 59.2 Å². The van der Waals surface area contributed by atoms with Gasteiger partial charge >= 0.3 is 0 Å². The molecular formula is C26H32N2O2. The number of rotatable bonds is 3. The highest BCUT2D eigenvalue weighted by atomic mass is 16.5. The zero-order valence-electron chi connectivity index (χ0n) is 17.7. The fourth-order valence-corrected chi connectivity index (χ4v) is 6.49. The van der Waals surface area contributed by atoms with E-state index in [9.17, 15) is 5.11 Å². The number of hydrogen-bond acceptors (Lipinski definition) is 4. The van der Waals surface area contributed by atoms with Crippen LogP contribution in [0, 0.1) is 11.8 Å². The Morgan fingerprint density at radius 2 is 1.67 bits per heavy atom. The van der Waals surface area contributed by atoms with Gasteiger partial charge in [-0.2, -0.15) is 0 Å². The Labute approximate surface area is 179 Å². The number of hydrogen-bond donors (Lipinski definition) is 1. The summed E-state index contributed by atoms with van der Waals surface area (Å²) in [5, 5.41) is 10.8. The minimum absolute atomic E-state index is 0.178. The van der Waals surface area contributed by atoms with Crippen molar-refractivity contribution in [1.29, 1.82) is 0 Å². The highest BCUT2D eigenvalue weighted by Gasteiger charge is 2.43. The summed E-state index contributed by atoms with van der Waals surface area (Å²) in [6.07, 6.45) is 2.99. The Hall–Kier alpha value is -1.72. The molecule has 1 saturated carbocycles. The normalized spacial score (nSPS) is 31.4. The predicted molar refractivity (Wildman–Crippen MR) is 118 cm³/mol. The summed E-state index contributed by atoms with van der Waals surface area (Å²) in [5.74, 6) is 1.37. The zero-order chi connectivity index (χ0) is 20.1. The van der Waals surface area contributed by atoms with Gasteiger partial charge in [0.15, 0.2) is 0 Å². The number of likely N-dealkylation sites (tertiary alicyclic amines) is 1. The van der Waals surface area contributed by atoms with Crippen LogP contribution in [0.4, 0.5) is 0 Å². The van der Waals surface area contributed by atoms with E-state index in [2.05, 4.69) is 52.3 Å². The summed E-state index contributed by atoms with van der Waals surface area (Å²) < 4.78 is 5.52. The lowest BCUT2D eigenvalue weighted by Crippen LogP contribution is -2.53. The summed E-state index contributed by atoms with van der Waals surface area (Å²) >= 11 is 0. The molecular weight excluding hydrogens is 372 g/mol. The van der Waals surface area contributed by atoms with Crippen molar-refractivity contribution in [2.75, 3.05) is 39.4 Å². The van der Waals surface area contributed by atoms with Crippen LogP contribution in [0.3, 0.4) is 0 Å². The van der Waals surface area contributed by atoms with Gasteiger partial charge in [0.25, 0.3) is 0 Å². The summed E-state index contributed by atoms with van der Waals surface area (Å²) in [7, 11) is 0. The molecule has 2 aromatic carbocycles. The van der Waals surface area contributed by atoms with Gasteiger partial charge in [0.05, 0.1) is 19.3 Å². The molecule has 2 aliphatic heterocycles. The lowest BCUT2D eigenvalue weighted by Gasteiger charge is -2.43. The number of benzene rings is 2. The molecule has 0 radical (unpaired) electrons. The molecule has 158 valence electrons. The standard InChI is InChI=1S/C26H32N2O2/c29-26-14-22-17-27(16-21(22)13-25(26)28-7-9-30-10-8-28)15-18-5-6-24-20(11-18)12-19-3-1-2-4-23(19)24/h1-6,11,21-22,25-26,29H,7-10,12-17H2/t21-,22+,25-,26-/m1/s1. The highest BCUT2D eigenvalue weighted by Crippen LogP contribution is 2.40. The van der Waals surface area contributed by atoms with Gasteiger partial charge in [-0.3, -0.25) is 9.80 Å². The molecule has 2 heterocycles. The van der Waals surface area contributed by atoms with Gasteiger partial charge in [0.2, 0.25) is 0 Å². The third kappa shape index (κ3) is 3.40. The minimum atomic E-state index is -0.178. The van der Waals surface area contributed by atoms with E-state index in [4.69, 9.17) is 4.74 Å². The van der Waals surface area contributed by atoms with E-state index >= 15 is 0 Å². The van der Waals surface area contributed by atoms with Crippen LogP contribution in [-0.4, -0.2) is 66.4 Å². The van der Waals surface area contributed by atoms with Crippen molar-refractivity contribution in [2.45, 2.75) is 38.0 Å². The lowest BCUT2D eigenvalue weighted by molar-refractivity contribution is -0.0520. The van der Waals surface area contributed by atoms with E-state index in [0.29, 0.717) is 12.0 Å². The Morgan fingerprint density at radius 1 is 0.900 bits per heavy atom. The Kier molecular flexibility index (Phi) is 4.91. The number of fused-ring (bicyclic) bond motifs is 4. The van der Waals surface area contributed by atoms with Crippen LogP contribution >= 0.6 is 0 Å². The van der Waals surface area contributed by atoms with Crippen LogP contribution in [0.5, 0.6) is 0 Å². The third-order valence-corrected chi connectivity index (χ3v) is 7.96. The van der Waals surface area contributed by atoms with E-state index in [1.165, 1.54) is 34.4 Å². The predicted octanol–water partition coefficient (Wildman–Crippen LogP) is 3.16. The van der Waals surface area contributed by atoms with Crippen LogP contribution in [0.15, 0.2) is 42.5 Å². The van der Waals surface area contributed by atoms with Gasteiger partial charge < -0.3 is 9.84 Å². The summed E-state index contributed by atoms with van der Waals surface area (Å²) in [6, 6.07) is 16.2. The topological polar surface area (TPSA) is 35.9 Å². The van der Waals surface area contributed by atoms with Crippen molar-refractivity contribution >= 4 is 0 Å².